The maximum Gasteiger partial charge on any atom is 0.168 e. The van der Waals surface area contributed by atoms with Gasteiger partial charge in [-0.1, -0.05) is 26.7 Å². The molecule has 1 fully saturated rings. The summed E-state index contributed by atoms with van der Waals surface area (Å²) >= 11 is 0. The van der Waals surface area contributed by atoms with E-state index < -0.39 is 0 Å². The van der Waals surface area contributed by atoms with Crippen LogP contribution in [0, 0.1) is 6.92 Å². The van der Waals surface area contributed by atoms with Gasteiger partial charge in [0.1, 0.15) is 0 Å². The zero-order valence-corrected chi connectivity index (χ0v) is 8.14. The topological polar surface area (TPSA) is 18.5 Å². The van der Waals surface area contributed by atoms with Gasteiger partial charge in [0.05, 0.1) is 12.7 Å². The summed E-state index contributed by atoms with van der Waals surface area (Å²) < 4.78 is 11.3. The zero-order chi connectivity index (χ0) is 9.03. The van der Waals surface area contributed by atoms with Crippen LogP contribution in [0.3, 0.4) is 0 Å². The average Bonchev–Trinajstić information content (AvgIpc) is 2.34. The van der Waals surface area contributed by atoms with Gasteiger partial charge in [-0.3, -0.25) is 0 Å². The number of hydrogen-bond donors (Lipinski definition) is 0. The van der Waals surface area contributed by atoms with Gasteiger partial charge in [-0.2, -0.15) is 0 Å². The molecule has 0 amide bonds. The summed E-state index contributed by atoms with van der Waals surface area (Å²) in [5.41, 5.74) is 0. The Morgan fingerprint density at radius 1 is 1.33 bits per heavy atom. The molecule has 1 radical (unpaired) electrons. The van der Waals surface area contributed by atoms with Crippen molar-refractivity contribution < 1.29 is 9.47 Å². The lowest BCUT2D eigenvalue weighted by molar-refractivity contribution is -0.173. The van der Waals surface area contributed by atoms with Crippen LogP contribution in [-0.4, -0.2) is 18.5 Å². The standard InChI is InChI=1S/C10H19O2/c1-4-6-10(7-5-2)11-8-9(3)12-10/h9H,3-8H2,1-2H3. The summed E-state index contributed by atoms with van der Waals surface area (Å²) in [4.78, 5) is 0. The van der Waals surface area contributed by atoms with Crippen LogP contribution in [0.1, 0.15) is 39.5 Å². The molecule has 0 aliphatic carbocycles. The van der Waals surface area contributed by atoms with Gasteiger partial charge in [-0.25, -0.2) is 0 Å². The van der Waals surface area contributed by atoms with E-state index >= 15 is 0 Å². The smallest absolute Gasteiger partial charge is 0.168 e. The molecule has 0 aromatic heterocycles. The van der Waals surface area contributed by atoms with Gasteiger partial charge in [0, 0.05) is 12.8 Å². The molecule has 1 unspecified atom stereocenters. The van der Waals surface area contributed by atoms with Crippen LogP contribution in [-0.2, 0) is 9.47 Å². The van der Waals surface area contributed by atoms with Crippen molar-refractivity contribution in [3.05, 3.63) is 6.92 Å². The normalized spacial score (nSPS) is 27.8. The molecule has 71 valence electrons. The minimum absolute atomic E-state index is 0.0306. The molecule has 1 aliphatic heterocycles. The molecule has 0 aromatic carbocycles. The van der Waals surface area contributed by atoms with Crippen molar-refractivity contribution in [1.82, 2.24) is 0 Å². The number of rotatable bonds is 4. The summed E-state index contributed by atoms with van der Waals surface area (Å²) in [6.07, 6.45) is 4.22. The molecule has 0 spiro atoms. The predicted octanol–water partition coefficient (Wildman–Crippen LogP) is 2.53. The van der Waals surface area contributed by atoms with Gasteiger partial charge in [-0.05, 0) is 6.92 Å². The second-order valence-electron chi connectivity index (χ2n) is 3.46. The third-order valence-corrected chi connectivity index (χ3v) is 2.18. The molecule has 1 aliphatic rings. The third-order valence-electron chi connectivity index (χ3n) is 2.18. The lowest BCUT2D eigenvalue weighted by Crippen LogP contribution is -2.30. The molecule has 0 saturated carbocycles. The molecule has 1 saturated heterocycles. The van der Waals surface area contributed by atoms with Crippen molar-refractivity contribution in [3.63, 3.8) is 0 Å². The Morgan fingerprint density at radius 2 is 1.92 bits per heavy atom. The van der Waals surface area contributed by atoms with Crippen molar-refractivity contribution in [2.45, 2.75) is 51.4 Å². The van der Waals surface area contributed by atoms with E-state index in [1.165, 1.54) is 0 Å². The zero-order valence-electron chi connectivity index (χ0n) is 8.14. The summed E-state index contributed by atoms with van der Waals surface area (Å²) in [5, 5.41) is 0. The molecular formula is C10H19O2. The Labute approximate surface area is 75.2 Å². The van der Waals surface area contributed by atoms with Crippen LogP contribution in [0.5, 0.6) is 0 Å². The first kappa shape index (κ1) is 10.0. The van der Waals surface area contributed by atoms with Crippen molar-refractivity contribution in [1.29, 1.82) is 0 Å². The number of hydrogen-bond acceptors (Lipinski definition) is 2. The predicted molar refractivity (Wildman–Crippen MR) is 48.7 cm³/mol. The van der Waals surface area contributed by atoms with E-state index in [0.29, 0.717) is 6.61 Å². The third kappa shape index (κ3) is 2.20. The molecule has 12 heavy (non-hydrogen) atoms. The Kier molecular flexibility index (Phi) is 3.53. The second kappa shape index (κ2) is 4.24. The van der Waals surface area contributed by atoms with Crippen LogP contribution in [0.2, 0.25) is 0 Å². The fourth-order valence-corrected chi connectivity index (χ4v) is 1.77. The molecule has 0 N–H and O–H groups in total. The van der Waals surface area contributed by atoms with Gasteiger partial charge in [0.2, 0.25) is 0 Å². The first-order valence-electron chi connectivity index (χ1n) is 4.87. The van der Waals surface area contributed by atoms with Gasteiger partial charge in [-0.15, -0.1) is 0 Å². The van der Waals surface area contributed by atoms with E-state index in [9.17, 15) is 0 Å². The number of ether oxygens (including phenoxy) is 2. The summed E-state index contributed by atoms with van der Waals surface area (Å²) in [7, 11) is 0. The van der Waals surface area contributed by atoms with Crippen molar-refractivity contribution in [2.24, 2.45) is 0 Å². The highest BCUT2D eigenvalue weighted by Crippen LogP contribution is 2.32. The minimum Gasteiger partial charge on any atom is -0.347 e. The van der Waals surface area contributed by atoms with Gasteiger partial charge < -0.3 is 9.47 Å². The van der Waals surface area contributed by atoms with Crippen molar-refractivity contribution in [2.75, 3.05) is 6.61 Å². The first-order valence-corrected chi connectivity index (χ1v) is 4.87. The molecule has 1 heterocycles. The van der Waals surface area contributed by atoms with Gasteiger partial charge in [0.25, 0.3) is 0 Å². The van der Waals surface area contributed by atoms with Crippen LogP contribution in [0.15, 0.2) is 0 Å². The molecule has 1 atom stereocenters. The Hall–Kier alpha value is -0.0800. The van der Waals surface area contributed by atoms with Crippen LogP contribution in [0.4, 0.5) is 0 Å². The van der Waals surface area contributed by atoms with Crippen molar-refractivity contribution >= 4 is 0 Å². The maximum atomic E-state index is 5.70. The van der Waals surface area contributed by atoms with E-state index in [-0.39, 0.29) is 11.9 Å². The van der Waals surface area contributed by atoms with E-state index in [2.05, 4.69) is 20.8 Å². The Bertz CT molecular complexity index is 122. The lowest BCUT2D eigenvalue weighted by Gasteiger charge is -2.26. The maximum absolute atomic E-state index is 5.70. The van der Waals surface area contributed by atoms with E-state index in [1.54, 1.807) is 0 Å². The fourth-order valence-electron chi connectivity index (χ4n) is 1.77. The van der Waals surface area contributed by atoms with Gasteiger partial charge in [0.15, 0.2) is 5.79 Å². The van der Waals surface area contributed by atoms with Crippen LogP contribution >= 0.6 is 0 Å². The average molecular weight is 171 g/mol. The highest BCUT2D eigenvalue weighted by molar-refractivity contribution is 4.79. The highest BCUT2D eigenvalue weighted by Gasteiger charge is 2.37. The molecule has 0 bridgehead atoms. The SMILES string of the molecule is [CH2]C1COC(CCC)(CCC)O1. The lowest BCUT2D eigenvalue weighted by atomic mass is 10.1. The van der Waals surface area contributed by atoms with Crippen LogP contribution in [0.25, 0.3) is 0 Å². The monoisotopic (exact) mass is 171 g/mol. The molecular weight excluding hydrogens is 152 g/mol. The summed E-state index contributed by atoms with van der Waals surface area (Å²) in [6.45, 7) is 8.81. The second-order valence-corrected chi connectivity index (χ2v) is 3.46. The van der Waals surface area contributed by atoms with Crippen LogP contribution < -0.4 is 0 Å². The largest absolute Gasteiger partial charge is 0.347 e. The van der Waals surface area contributed by atoms with E-state index in [0.717, 1.165) is 25.7 Å². The Balaban J connectivity index is 2.48. The fraction of sp³-hybridized carbons (Fsp3) is 0.900. The quantitative estimate of drug-likeness (QED) is 0.647. The molecule has 2 nitrogen and oxygen atoms in total. The highest BCUT2D eigenvalue weighted by atomic mass is 16.7. The van der Waals surface area contributed by atoms with E-state index in [1.807, 2.05) is 0 Å². The van der Waals surface area contributed by atoms with Crippen molar-refractivity contribution in [3.8, 4) is 0 Å². The Morgan fingerprint density at radius 3 is 2.25 bits per heavy atom. The molecule has 2 heteroatoms. The molecule has 1 rings (SSSR count). The first-order chi connectivity index (χ1) is 5.72. The minimum atomic E-state index is -0.296. The summed E-state index contributed by atoms with van der Waals surface area (Å²) in [5.74, 6) is -0.296. The van der Waals surface area contributed by atoms with E-state index in [4.69, 9.17) is 9.47 Å². The van der Waals surface area contributed by atoms with Gasteiger partial charge >= 0.3 is 0 Å². The molecule has 0 aromatic rings. The summed E-state index contributed by atoms with van der Waals surface area (Å²) in [6, 6.07) is 0.